The van der Waals surface area contributed by atoms with Crippen molar-refractivity contribution in [1.82, 2.24) is 14.8 Å². The molecule has 0 aliphatic carbocycles. The van der Waals surface area contributed by atoms with E-state index in [1.165, 1.54) is 5.56 Å². The van der Waals surface area contributed by atoms with E-state index >= 15 is 0 Å². The van der Waals surface area contributed by atoms with Crippen LogP contribution in [0.25, 0.3) is 0 Å². The van der Waals surface area contributed by atoms with Crippen LogP contribution in [-0.2, 0) is 0 Å². The molecule has 0 N–H and O–H groups in total. The predicted octanol–water partition coefficient (Wildman–Crippen LogP) is 2.41. The number of fused-ring (bicyclic) bond motifs is 1. The Kier molecular flexibility index (Phi) is 3.45. The first-order valence-electron chi connectivity index (χ1n) is 5.96. The van der Waals surface area contributed by atoms with Gasteiger partial charge < -0.3 is 0 Å². The van der Waals surface area contributed by atoms with Crippen molar-refractivity contribution in [3.63, 3.8) is 0 Å². The van der Waals surface area contributed by atoms with Crippen molar-refractivity contribution in [2.45, 2.75) is 22.9 Å². The summed E-state index contributed by atoms with van der Waals surface area (Å²) in [6.45, 7) is 1.70. The number of rotatable bonds is 1. The number of halogens is 1. The minimum atomic E-state index is -0.237. The smallest absolute Gasteiger partial charge is 0.265 e. The molecule has 0 fully saturated rings. The maximum Gasteiger partial charge on any atom is 0.295 e. The van der Waals surface area contributed by atoms with Crippen molar-refractivity contribution in [3.05, 3.63) is 51.9 Å². The van der Waals surface area contributed by atoms with Crippen LogP contribution in [0.1, 0.15) is 17.3 Å². The average Bonchev–Trinajstić information content (AvgIpc) is 2.42. The molecule has 2 heterocycles. The van der Waals surface area contributed by atoms with Crippen LogP contribution in [0.15, 0.2) is 40.3 Å². The zero-order valence-electron chi connectivity index (χ0n) is 10.3. The Morgan fingerprint density at radius 1 is 1.37 bits per heavy atom. The normalized spacial score (nSPS) is 22.0. The summed E-state index contributed by atoms with van der Waals surface area (Å²) in [6, 6.07) is 10.2. The summed E-state index contributed by atoms with van der Waals surface area (Å²) >= 11 is 5.28. The first kappa shape index (κ1) is 12.9. The van der Waals surface area contributed by atoms with E-state index in [-0.39, 0.29) is 16.4 Å². The minimum absolute atomic E-state index is 0.0734. The van der Waals surface area contributed by atoms with Gasteiger partial charge in [0.2, 0.25) is 0 Å². The van der Waals surface area contributed by atoms with E-state index in [0.717, 1.165) is 5.75 Å². The zero-order valence-corrected chi connectivity index (χ0v) is 12.7. The number of thioether (sulfide) groups is 1. The SMILES string of the molecule is Cc1nn2c(nc1=O)SC[C@@H](Br)[C@@H]2c1ccccc1. The first-order valence-corrected chi connectivity index (χ1v) is 7.86. The summed E-state index contributed by atoms with van der Waals surface area (Å²) in [7, 11) is 0. The van der Waals surface area contributed by atoms with E-state index in [1.54, 1.807) is 18.7 Å². The van der Waals surface area contributed by atoms with Gasteiger partial charge in [0.1, 0.15) is 5.69 Å². The lowest BCUT2D eigenvalue weighted by molar-refractivity contribution is 0.434. The molecule has 3 rings (SSSR count). The Hall–Kier alpha value is -1.14. The van der Waals surface area contributed by atoms with Gasteiger partial charge in [-0.05, 0) is 12.5 Å². The molecule has 0 radical (unpaired) electrons. The lowest BCUT2D eigenvalue weighted by Crippen LogP contribution is -2.33. The van der Waals surface area contributed by atoms with Crippen molar-refractivity contribution in [1.29, 1.82) is 0 Å². The predicted molar refractivity (Wildman–Crippen MR) is 79.0 cm³/mol. The molecule has 0 saturated heterocycles. The van der Waals surface area contributed by atoms with E-state index in [0.29, 0.717) is 10.9 Å². The number of hydrogen-bond acceptors (Lipinski definition) is 4. The molecule has 4 nitrogen and oxygen atoms in total. The van der Waals surface area contributed by atoms with Gasteiger partial charge in [-0.2, -0.15) is 10.1 Å². The molecule has 2 atom stereocenters. The third kappa shape index (κ3) is 2.34. The van der Waals surface area contributed by atoms with Gasteiger partial charge in [-0.1, -0.05) is 58.0 Å². The number of benzene rings is 1. The third-order valence-electron chi connectivity index (χ3n) is 3.08. The van der Waals surface area contributed by atoms with Crippen molar-refractivity contribution < 1.29 is 0 Å². The summed E-state index contributed by atoms with van der Waals surface area (Å²) in [5.41, 5.74) is 1.37. The van der Waals surface area contributed by atoms with E-state index in [1.807, 2.05) is 22.9 Å². The van der Waals surface area contributed by atoms with Gasteiger partial charge >= 0.3 is 0 Å². The molecular formula is C13H12BrN3OS. The quantitative estimate of drug-likeness (QED) is 0.750. The summed E-state index contributed by atoms with van der Waals surface area (Å²) in [6.07, 6.45) is 0. The molecule has 1 aliphatic heterocycles. The number of nitrogens with zero attached hydrogens (tertiary/aromatic N) is 3. The second-order valence-corrected chi connectivity index (χ2v) is 6.58. The summed E-state index contributed by atoms with van der Waals surface area (Å²) in [5, 5.41) is 5.11. The molecule has 19 heavy (non-hydrogen) atoms. The average molecular weight is 338 g/mol. The van der Waals surface area contributed by atoms with Crippen LogP contribution in [-0.4, -0.2) is 25.3 Å². The van der Waals surface area contributed by atoms with Gasteiger partial charge in [0.25, 0.3) is 5.56 Å². The van der Waals surface area contributed by atoms with Crippen molar-refractivity contribution in [2.24, 2.45) is 0 Å². The van der Waals surface area contributed by atoms with Crippen LogP contribution in [0.3, 0.4) is 0 Å². The molecule has 1 aromatic carbocycles. The third-order valence-corrected chi connectivity index (χ3v) is 5.39. The van der Waals surface area contributed by atoms with Crippen LogP contribution in [0.4, 0.5) is 0 Å². The highest BCUT2D eigenvalue weighted by atomic mass is 79.9. The highest BCUT2D eigenvalue weighted by Crippen LogP contribution is 2.36. The second kappa shape index (κ2) is 5.09. The highest BCUT2D eigenvalue weighted by Gasteiger charge is 2.31. The van der Waals surface area contributed by atoms with E-state index in [2.05, 4.69) is 38.1 Å². The maximum absolute atomic E-state index is 11.6. The van der Waals surface area contributed by atoms with Gasteiger partial charge in [0.05, 0.1) is 10.9 Å². The number of alkyl halides is 1. The fourth-order valence-electron chi connectivity index (χ4n) is 2.14. The maximum atomic E-state index is 11.6. The molecule has 0 saturated carbocycles. The van der Waals surface area contributed by atoms with Crippen LogP contribution >= 0.6 is 27.7 Å². The lowest BCUT2D eigenvalue weighted by Gasteiger charge is -2.30. The molecule has 0 spiro atoms. The van der Waals surface area contributed by atoms with E-state index in [9.17, 15) is 4.79 Å². The van der Waals surface area contributed by atoms with Crippen molar-refractivity contribution >= 4 is 27.7 Å². The van der Waals surface area contributed by atoms with Crippen molar-refractivity contribution in [3.8, 4) is 0 Å². The molecule has 0 bridgehead atoms. The molecule has 0 unspecified atom stereocenters. The topological polar surface area (TPSA) is 47.8 Å². The van der Waals surface area contributed by atoms with Crippen LogP contribution in [0, 0.1) is 6.92 Å². The van der Waals surface area contributed by atoms with Gasteiger partial charge in [-0.15, -0.1) is 0 Å². The lowest BCUT2D eigenvalue weighted by atomic mass is 10.0. The Bertz CT molecular complexity index is 659. The molecule has 2 aromatic rings. The Morgan fingerprint density at radius 3 is 2.84 bits per heavy atom. The summed E-state index contributed by atoms with van der Waals surface area (Å²) < 4.78 is 1.86. The molecule has 1 aliphatic rings. The monoisotopic (exact) mass is 337 g/mol. The number of hydrogen-bond donors (Lipinski definition) is 0. The first-order chi connectivity index (χ1) is 9.16. The van der Waals surface area contributed by atoms with E-state index in [4.69, 9.17) is 0 Å². The largest absolute Gasteiger partial charge is 0.295 e. The fourth-order valence-corrected chi connectivity index (χ4v) is 3.99. The molecule has 1 aromatic heterocycles. The van der Waals surface area contributed by atoms with Gasteiger partial charge in [0.15, 0.2) is 5.16 Å². The summed E-state index contributed by atoms with van der Waals surface area (Å²) in [5.74, 6) is 0.872. The molecule has 98 valence electrons. The van der Waals surface area contributed by atoms with Gasteiger partial charge in [-0.25, -0.2) is 4.68 Å². The minimum Gasteiger partial charge on any atom is -0.265 e. The Labute approximate surface area is 123 Å². The van der Waals surface area contributed by atoms with Crippen LogP contribution < -0.4 is 5.56 Å². The van der Waals surface area contributed by atoms with Crippen LogP contribution in [0.2, 0.25) is 0 Å². The molecule has 0 amide bonds. The summed E-state index contributed by atoms with van der Waals surface area (Å²) in [4.78, 5) is 16.0. The highest BCUT2D eigenvalue weighted by molar-refractivity contribution is 9.09. The van der Waals surface area contributed by atoms with Gasteiger partial charge in [-0.3, -0.25) is 4.79 Å². The Morgan fingerprint density at radius 2 is 2.11 bits per heavy atom. The number of aromatic nitrogens is 3. The standard InChI is InChI=1S/C13H12BrN3OS/c1-8-12(18)15-13-17(16-8)11(10(14)7-19-13)9-5-3-2-4-6-9/h2-6,10-11H,7H2,1H3/t10-,11+/m1/s1. The molecular weight excluding hydrogens is 326 g/mol. The van der Waals surface area contributed by atoms with Crippen LogP contribution in [0.5, 0.6) is 0 Å². The molecule has 6 heteroatoms. The zero-order chi connectivity index (χ0) is 13.4. The Balaban J connectivity index is 2.17. The number of aryl methyl sites for hydroxylation is 1. The van der Waals surface area contributed by atoms with E-state index < -0.39 is 0 Å². The van der Waals surface area contributed by atoms with Gasteiger partial charge in [0, 0.05) is 5.75 Å². The van der Waals surface area contributed by atoms with Crippen molar-refractivity contribution in [2.75, 3.05) is 5.75 Å². The fraction of sp³-hybridized carbons (Fsp3) is 0.308. The second-order valence-electron chi connectivity index (χ2n) is 4.41.